The standard InChI is InChI=1S/C17H19N5OS/c1-12-11-21(16(24-12)20-15(23)17(2,3)4)13-7-5-8-14(19-13)22-10-6-9-18-22/h5-11H,1-4H3/b20-16-. The van der Waals surface area contributed by atoms with E-state index in [1.807, 2.05) is 68.9 Å². The van der Waals surface area contributed by atoms with Crippen molar-refractivity contribution >= 4 is 17.2 Å². The predicted octanol–water partition coefficient (Wildman–Crippen LogP) is 2.90. The number of hydrogen-bond acceptors (Lipinski definition) is 4. The molecule has 1 amide bonds. The van der Waals surface area contributed by atoms with Gasteiger partial charge in [-0.2, -0.15) is 10.1 Å². The van der Waals surface area contributed by atoms with E-state index in [4.69, 9.17) is 0 Å². The summed E-state index contributed by atoms with van der Waals surface area (Å²) in [5, 5.41) is 4.20. The fraction of sp³-hybridized carbons (Fsp3) is 0.294. The number of hydrogen-bond donors (Lipinski definition) is 0. The number of aryl methyl sites for hydroxylation is 1. The fourth-order valence-corrected chi connectivity index (χ4v) is 2.85. The Bertz CT molecular complexity index is 929. The fourth-order valence-electron chi connectivity index (χ4n) is 2.03. The van der Waals surface area contributed by atoms with Crippen molar-refractivity contribution in [2.75, 3.05) is 0 Å². The first kappa shape index (κ1) is 16.3. The van der Waals surface area contributed by atoms with Crippen LogP contribution in [0.25, 0.3) is 11.6 Å². The molecule has 3 heterocycles. The highest BCUT2D eigenvalue weighted by atomic mass is 32.1. The Morgan fingerprint density at radius 1 is 1.21 bits per heavy atom. The summed E-state index contributed by atoms with van der Waals surface area (Å²) in [6.07, 6.45) is 5.48. The highest BCUT2D eigenvalue weighted by Crippen LogP contribution is 2.16. The van der Waals surface area contributed by atoms with Crippen LogP contribution in [0.2, 0.25) is 0 Å². The van der Waals surface area contributed by atoms with Crippen molar-refractivity contribution in [3.05, 3.63) is 52.5 Å². The second-order valence-corrected chi connectivity index (χ2v) is 7.68. The van der Waals surface area contributed by atoms with Gasteiger partial charge in [0.25, 0.3) is 5.91 Å². The highest BCUT2D eigenvalue weighted by Gasteiger charge is 2.21. The lowest BCUT2D eigenvalue weighted by atomic mass is 9.96. The number of nitrogens with zero attached hydrogens (tertiary/aromatic N) is 5. The molecule has 3 rings (SSSR count). The SMILES string of the molecule is Cc1cn(-c2cccc(-n3cccn3)n2)/c(=N/C(=O)C(C)(C)C)s1. The molecule has 0 radical (unpaired) electrons. The smallest absolute Gasteiger partial charge is 0.253 e. The number of pyridine rings is 1. The third-order valence-electron chi connectivity index (χ3n) is 3.31. The molecule has 0 fully saturated rings. The number of carbonyl (C=O) groups is 1. The van der Waals surface area contributed by atoms with Gasteiger partial charge in [0, 0.05) is 28.9 Å². The lowest BCUT2D eigenvalue weighted by Gasteiger charge is -2.11. The summed E-state index contributed by atoms with van der Waals surface area (Å²) >= 11 is 1.47. The molecule has 0 aromatic carbocycles. The van der Waals surface area contributed by atoms with Gasteiger partial charge < -0.3 is 0 Å². The van der Waals surface area contributed by atoms with Gasteiger partial charge in [-0.3, -0.25) is 9.36 Å². The molecule has 124 valence electrons. The van der Waals surface area contributed by atoms with Crippen LogP contribution in [0.1, 0.15) is 25.6 Å². The van der Waals surface area contributed by atoms with Crippen molar-refractivity contribution in [1.82, 2.24) is 19.3 Å². The van der Waals surface area contributed by atoms with Crippen LogP contribution in [0, 0.1) is 12.3 Å². The van der Waals surface area contributed by atoms with Crippen LogP contribution in [0.15, 0.2) is 47.8 Å². The topological polar surface area (TPSA) is 65.1 Å². The second kappa shape index (κ2) is 6.16. The third kappa shape index (κ3) is 3.35. The monoisotopic (exact) mass is 341 g/mol. The number of carbonyl (C=O) groups excluding carboxylic acids is 1. The average Bonchev–Trinajstić information content (AvgIpc) is 3.16. The summed E-state index contributed by atoms with van der Waals surface area (Å²) in [5.41, 5.74) is -0.514. The molecule has 3 aromatic heterocycles. The molecular weight excluding hydrogens is 322 g/mol. The van der Waals surface area contributed by atoms with E-state index in [1.165, 1.54) is 11.3 Å². The number of amides is 1. The van der Waals surface area contributed by atoms with Crippen molar-refractivity contribution in [2.24, 2.45) is 10.4 Å². The first-order chi connectivity index (χ1) is 11.3. The van der Waals surface area contributed by atoms with Gasteiger partial charge in [0.05, 0.1) is 0 Å². The van der Waals surface area contributed by atoms with Gasteiger partial charge in [0.2, 0.25) is 0 Å². The Labute approximate surface area is 144 Å². The van der Waals surface area contributed by atoms with Crippen molar-refractivity contribution in [1.29, 1.82) is 0 Å². The van der Waals surface area contributed by atoms with Gasteiger partial charge in [-0.1, -0.05) is 26.8 Å². The Morgan fingerprint density at radius 2 is 1.96 bits per heavy atom. The molecule has 24 heavy (non-hydrogen) atoms. The quantitative estimate of drug-likeness (QED) is 0.720. The van der Waals surface area contributed by atoms with Crippen LogP contribution in [-0.4, -0.2) is 25.2 Å². The van der Waals surface area contributed by atoms with E-state index >= 15 is 0 Å². The molecule has 6 nitrogen and oxygen atoms in total. The van der Waals surface area contributed by atoms with Crippen LogP contribution in [-0.2, 0) is 4.79 Å². The van der Waals surface area contributed by atoms with E-state index < -0.39 is 5.41 Å². The number of aromatic nitrogens is 4. The maximum atomic E-state index is 12.3. The van der Waals surface area contributed by atoms with Crippen molar-refractivity contribution in [2.45, 2.75) is 27.7 Å². The molecule has 3 aromatic rings. The maximum absolute atomic E-state index is 12.3. The van der Waals surface area contributed by atoms with Crippen LogP contribution >= 0.6 is 11.3 Å². The van der Waals surface area contributed by atoms with Gasteiger partial charge in [0.1, 0.15) is 5.82 Å². The summed E-state index contributed by atoms with van der Waals surface area (Å²) in [6, 6.07) is 7.53. The molecule has 0 N–H and O–H groups in total. The number of rotatable bonds is 2. The molecule has 0 saturated heterocycles. The van der Waals surface area contributed by atoms with Crippen molar-refractivity contribution in [3.8, 4) is 11.6 Å². The van der Waals surface area contributed by atoms with E-state index in [0.717, 1.165) is 4.88 Å². The third-order valence-corrected chi connectivity index (χ3v) is 4.21. The van der Waals surface area contributed by atoms with Gasteiger partial charge in [-0.05, 0) is 25.1 Å². The minimum absolute atomic E-state index is 0.152. The van der Waals surface area contributed by atoms with Crippen LogP contribution in [0.5, 0.6) is 0 Å². The molecule has 0 spiro atoms. The van der Waals surface area contributed by atoms with E-state index in [-0.39, 0.29) is 5.91 Å². The van der Waals surface area contributed by atoms with Crippen LogP contribution in [0.3, 0.4) is 0 Å². The average molecular weight is 341 g/mol. The Kier molecular flexibility index (Phi) is 4.19. The second-order valence-electron chi connectivity index (χ2n) is 6.47. The van der Waals surface area contributed by atoms with E-state index in [9.17, 15) is 4.79 Å². The van der Waals surface area contributed by atoms with E-state index in [0.29, 0.717) is 16.4 Å². The van der Waals surface area contributed by atoms with Gasteiger partial charge >= 0.3 is 0 Å². The molecule has 7 heteroatoms. The molecule has 0 aliphatic carbocycles. The van der Waals surface area contributed by atoms with Crippen LogP contribution in [0.4, 0.5) is 0 Å². The first-order valence-corrected chi connectivity index (χ1v) is 8.42. The molecule has 0 bridgehead atoms. The normalized spacial score (nSPS) is 12.6. The minimum Gasteiger partial charge on any atom is -0.276 e. The highest BCUT2D eigenvalue weighted by molar-refractivity contribution is 7.09. The summed E-state index contributed by atoms with van der Waals surface area (Å²) in [6.45, 7) is 7.57. The number of thiazole rings is 1. The summed E-state index contributed by atoms with van der Waals surface area (Å²) in [4.78, 5) is 22.9. The van der Waals surface area contributed by atoms with E-state index in [1.54, 1.807) is 10.9 Å². The maximum Gasteiger partial charge on any atom is 0.253 e. The summed E-state index contributed by atoms with van der Waals surface area (Å²) < 4.78 is 3.54. The Balaban J connectivity index is 2.10. The summed E-state index contributed by atoms with van der Waals surface area (Å²) in [5.74, 6) is 1.26. The molecule has 0 aliphatic rings. The molecule has 0 saturated carbocycles. The van der Waals surface area contributed by atoms with Crippen LogP contribution < -0.4 is 4.80 Å². The zero-order valence-corrected chi connectivity index (χ0v) is 14.9. The Morgan fingerprint density at radius 3 is 2.62 bits per heavy atom. The van der Waals surface area contributed by atoms with Gasteiger partial charge in [-0.25, -0.2) is 9.67 Å². The molecular formula is C17H19N5OS. The van der Waals surface area contributed by atoms with Crippen molar-refractivity contribution < 1.29 is 4.79 Å². The minimum atomic E-state index is -0.514. The zero-order chi connectivity index (χ0) is 17.3. The van der Waals surface area contributed by atoms with E-state index in [2.05, 4.69) is 15.1 Å². The van der Waals surface area contributed by atoms with Gasteiger partial charge in [-0.15, -0.1) is 11.3 Å². The Hall–Kier alpha value is -2.54. The molecule has 0 aliphatic heterocycles. The molecule has 0 atom stereocenters. The lowest BCUT2D eigenvalue weighted by Crippen LogP contribution is -2.23. The zero-order valence-electron chi connectivity index (χ0n) is 14.1. The first-order valence-electron chi connectivity index (χ1n) is 7.60. The van der Waals surface area contributed by atoms with Gasteiger partial charge in [0.15, 0.2) is 10.6 Å². The predicted molar refractivity (Wildman–Crippen MR) is 93.3 cm³/mol. The van der Waals surface area contributed by atoms with Crippen molar-refractivity contribution in [3.63, 3.8) is 0 Å². The lowest BCUT2D eigenvalue weighted by molar-refractivity contribution is -0.125. The molecule has 0 unspecified atom stereocenters. The largest absolute Gasteiger partial charge is 0.276 e. The summed E-state index contributed by atoms with van der Waals surface area (Å²) in [7, 11) is 0.